The quantitative estimate of drug-likeness (QED) is 0.387. The molecule has 47 heavy (non-hydrogen) atoms. The lowest BCUT2D eigenvalue weighted by Gasteiger charge is -2.35. The van der Waals surface area contributed by atoms with Crippen molar-refractivity contribution in [2.75, 3.05) is 13.2 Å². The second kappa shape index (κ2) is 14.3. The highest BCUT2D eigenvalue weighted by atomic mass is 19.1. The molecular weight excluding hydrogens is 603 g/mol. The maximum absolute atomic E-state index is 14.4. The standard InChI is InChI=1S/C36H51FN4O6/c1-20(2)19-45-34(43)30-22(4)29-18-41(30)33(42)31(36(5,6)7)40-35(44)47-28-16-21(3)15-23(28)11-9-8-10-12-26-32(46-29)39-27-17-24(37)13-14-25(27)38-26/h13-14,17,20-23,28-31H,8-12,15-16,18-19H2,1-7H3,(H,40,44)/t21-,22-,23-,28-,29+,30+,31-/m1/s1. The molecule has 1 saturated carbocycles. The van der Waals surface area contributed by atoms with Crippen molar-refractivity contribution in [3.63, 3.8) is 0 Å². The van der Waals surface area contributed by atoms with Crippen LogP contribution in [-0.4, -0.2) is 70.3 Å². The lowest BCUT2D eigenvalue weighted by atomic mass is 9.85. The van der Waals surface area contributed by atoms with Gasteiger partial charge < -0.3 is 24.4 Å². The van der Waals surface area contributed by atoms with Crippen LogP contribution in [0.4, 0.5) is 9.18 Å². The lowest BCUT2D eigenvalue weighted by molar-refractivity contribution is -0.156. The molecule has 2 aliphatic heterocycles. The van der Waals surface area contributed by atoms with Gasteiger partial charge in [0, 0.05) is 12.0 Å². The van der Waals surface area contributed by atoms with Crippen LogP contribution in [0, 0.1) is 34.9 Å². The Morgan fingerprint density at radius 3 is 2.55 bits per heavy atom. The summed E-state index contributed by atoms with van der Waals surface area (Å²) >= 11 is 0. The third-order valence-electron chi connectivity index (χ3n) is 9.79. The van der Waals surface area contributed by atoms with Gasteiger partial charge in [-0.2, -0.15) is 0 Å². The van der Waals surface area contributed by atoms with Crippen LogP contribution in [0.25, 0.3) is 11.0 Å². The summed E-state index contributed by atoms with van der Waals surface area (Å²) in [5, 5.41) is 2.88. The number of rotatable bonds is 3. The summed E-state index contributed by atoms with van der Waals surface area (Å²) in [4.78, 5) is 52.5. The van der Waals surface area contributed by atoms with Gasteiger partial charge in [-0.25, -0.2) is 23.9 Å². The fraction of sp³-hybridized carbons (Fsp3) is 0.694. The zero-order chi connectivity index (χ0) is 34.0. The van der Waals surface area contributed by atoms with E-state index in [1.807, 2.05) is 41.5 Å². The van der Waals surface area contributed by atoms with Gasteiger partial charge in [-0.1, -0.05) is 61.3 Å². The van der Waals surface area contributed by atoms with E-state index in [-0.39, 0.29) is 37.0 Å². The van der Waals surface area contributed by atoms with Crippen molar-refractivity contribution < 1.29 is 33.0 Å². The maximum Gasteiger partial charge on any atom is 0.408 e. The second-order valence-electron chi connectivity index (χ2n) is 15.4. The Bertz CT molecular complexity index is 1460. The molecule has 0 radical (unpaired) electrons. The molecule has 1 N–H and O–H groups in total. The van der Waals surface area contributed by atoms with E-state index in [0.717, 1.165) is 38.5 Å². The van der Waals surface area contributed by atoms with Gasteiger partial charge in [-0.05, 0) is 67.4 Å². The van der Waals surface area contributed by atoms with Gasteiger partial charge in [-0.15, -0.1) is 0 Å². The Balaban J connectivity index is 1.54. The SMILES string of the molecule is CC(C)COC(=O)[C@@H]1[C@H](C)[C@@H]2CN1C(=O)[C@H](C(C)(C)C)NC(=O)O[C@@H]1C[C@H](C)C[C@H]1CCCCCc1nc3ccc(F)cc3nc1O2. The van der Waals surface area contributed by atoms with Gasteiger partial charge in [0.15, 0.2) is 0 Å². The number of carbonyl (C=O) groups excluding carboxylic acids is 3. The normalized spacial score (nSPS) is 29.3. The Morgan fingerprint density at radius 2 is 1.83 bits per heavy atom. The first-order chi connectivity index (χ1) is 22.2. The van der Waals surface area contributed by atoms with Crippen LogP contribution in [0.5, 0.6) is 5.88 Å². The van der Waals surface area contributed by atoms with Crippen LogP contribution >= 0.6 is 0 Å². The zero-order valence-corrected chi connectivity index (χ0v) is 28.9. The molecule has 2 fully saturated rings. The zero-order valence-electron chi connectivity index (χ0n) is 28.9. The largest absolute Gasteiger partial charge is 0.471 e. The van der Waals surface area contributed by atoms with Crippen LogP contribution in [0.1, 0.15) is 92.7 Å². The fourth-order valence-electron chi connectivity index (χ4n) is 7.24. The van der Waals surface area contributed by atoms with E-state index in [0.29, 0.717) is 29.1 Å². The number of hydrogen-bond donors (Lipinski definition) is 1. The van der Waals surface area contributed by atoms with Crippen LogP contribution < -0.4 is 10.1 Å². The molecule has 0 unspecified atom stereocenters. The molecule has 0 spiro atoms. The van der Waals surface area contributed by atoms with Crippen molar-refractivity contribution >= 4 is 29.0 Å². The molecule has 5 rings (SSSR count). The van der Waals surface area contributed by atoms with Crippen molar-refractivity contribution in [2.24, 2.45) is 29.1 Å². The van der Waals surface area contributed by atoms with Crippen LogP contribution in [0.2, 0.25) is 0 Å². The van der Waals surface area contributed by atoms with Gasteiger partial charge in [0.1, 0.15) is 35.8 Å². The minimum atomic E-state index is -0.975. The Hall–Kier alpha value is -3.50. The minimum absolute atomic E-state index is 0.0648. The van der Waals surface area contributed by atoms with Gasteiger partial charge in [-0.3, -0.25) is 4.79 Å². The molecule has 2 amide bonds. The highest BCUT2D eigenvalue weighted by Gasteiger charge is 2.51. The van der Waals surface area contributed by atoms with Crippen molar-refractivity contribution in [1.29, 1.82) is 0 Å². The number of nitrogens with zero attached hydrogens (tertiary/aromatic N) is 3. The number of halogens is 1. The van der Waals surface area contributed by atoms with Crippen LogP contribution in [-0.2, 0) is 25.5 Å². The molecule has 3 heterocycles. The first-order valence-corrected chi connectivity index (χ1v) is 17.3. The molecule has 1 saturated heterocycles. The summed E-state index contributed by atoms with van der Waals surface area (Å²) in [6.45, 7) is 13.8. The molecule has 1 aromatic carbocycles. The van der Waals surface area contributed by atoms with Crippen molar-refractivity contribution in [1.82, 2.24) is 20.2 Å². The average molecular weight is 655 g/mol. The first kappa shape index (κ1) is 34.8. The topological polar surface area (TPSA) is 120 Å². The van der Waals surface area contributed by atoms with E-state index in [1.165, 1.54) is 17.0 Å². The molecule has 7 atom stereocenters. The summed E-state index contributed by atoms with van der Waals surface area (Å²) in [5.74, 6) is -0.783. The predicted octanol–water partition coefficient (Wildman–Crippen LogP) is 6.23. The predicted molar refractivity (Wildman–Crippen MR) is 175 cm³/mol. The second-order valence-corrected chi connectivity index (χ2v) is 15.4. The van der Waals surface area contributed by atoms with Crippen molar-refractivity contribution in [2.45, 2.75) is 118 Å². The molecule has 2 aromatic rings. The third-order valence-corrected chi connectivity index (χ3v) is 9.79. The number of aryl methyl sites for hydroxylation is 1. The molecule has 1 aliphatic carbocycles. The monoisotopic (exact) mass is 654 g/mol. The van der Waals surface area contributed by atoms with Gasteiger partial charge in [0.2, 0.25) is 11.8 Å². The van der Waals surface area contributed by atoms with Gasteiger partial charge in [0.25, 0.3) is 0 Å². The Kier molecular flexibility index (Phi) is 10.6. The number of hydrogen-bond acceptors (Lipinski definition) is 8. The van der Waals surface area contributed by atoms with Crippen molar-refractivity contribution in [3.05, 3.63) is 29.7 Å². The number of amides is 2. The van der Waals surface area contributed by atoms with E-state index >= 15 is 0 Å². The van der Waals surface area contributed by atoms with Gasteiger partial charge in [0.05, 0.1) is 24.2 Å². The van der Waals surface area contributed by atoms with Gasteiger partial charge >= 0.3 is 12.1 Å². The summed E-state index contributed by atoms with van der Waals surface area (Å²) in [6.07, 6.45) is 4.59. The van der Waals surface area contributed by atoms with E-state index in [1.54, 1.807) is 6.07 Å². The Morgan fingerprint density at radius 1 is 1.06 bits per heavy atom. The number of benzene rings is 1. The summed E-state index contributed by atoms with van der Waals surface area (Å²) in [6, 6.07) is 2.38. The number of ether oxygens (including phenoxy) is 3. The maximum atomic E-state index is 14.4. The minimum Gasteiger partial charge on any atom is -0.471 e. The van der Waals surface area contributed by atoms with Crippen LogP contribution in [0.15, 0.2) is 18.2 Å². The van der Waals surface area contributed by atoms with E-state index in [9.17, 15) is 18.8 Å². The van der Waals surface area contributed by atoms with E-state index in [2.05, 4.69) is 12.2 Å². The summed E-state index contributed by atoms with van der Waals surface area (Å²) < 4.78 is 32.5. The Labute approximate surface area is 277 Å². The number of esters is 1. The smallest absolute Gasteiger partial charge is 0.408 e. The molecule has 2 bridgehead atoms. The molecule has 1 aromatic heterocycles. The molecule has 258 valence electrons. The number of alkyl carbamates (subject to hydrolysis) is 1. The molecule has 3 aliphatic rings. The first-order valence-electron chi connectivity index (χ1n) is 17.3. The fourth-order valence-corrected chi connectivity index (χ4v) is 7.24. The number of nitrogens with one attached hydrogen (secondary N) is 1. The highest BCUT2D eigenvalue weighted by Crippen LogP contribution is 2.38. The van der Waals surface area contributed by atoms with E-state index in [4.69, 9.17) is 24.2 Å². The van der Waals surface area contributed by atoms with Crippen LogP contribution in [0.3, 0.4) is 0 Å². The number of aromatic nitrogens is 2. The lowest BCUT2D eigenvalue weighted by Crippen LogP contribution is -2.57. The molecular formula is C36H51FN4O6. The number of carbonyl (C=O) groups is 3. The van der Waals surface area contributed by atoms with E-state index < -0.39 is 53.3 Å². The molecule has 10 nitrogen and oxygen atoms in total. The van der Waals surface area contributed by atoms with Crippen molar-refractivity contribution in [3.8, 4) is 5.88 Å². The summed E-state index contributed by atoms with van der Waals surface area (Å²) in [7, 11) is 0. The highest BCUT2D eigenvalue weighted by molar-refractivity contribution is 5.91. The number of fused-ring (bicyclic) bond motifs is 5. The summed E-state index contributed by atoms with van der Waals surface area (Å²) in [5.41, 5.74) is 0.909. The molecule has 11 heteroatoms. The third kappa shape index (κ3) is 8.15. The average Bonchev–Trinajstić information content (AvgIpc) is 3.50.